The molecule has 1 atom stereocenters. The Morgan fingerprint density at radius 3 is 2.55 bits per heavy atom. The van der Waals surface area contributed by atoms with Gasteiger partial charge < -0.3 is 20.5 Å². The van der Waals surface area contributed by atoms with Crippen LogP contribution in [0, 0.1) is 5.41 Å². The van der Waals surface area contributed by atoms with E-state index in [9.17, 15) is 9.59 Å². The molecule has 22 heavy (non-hydrogen) atoms. The van der Waals surface area contributed by atoms with Crippen molar-refractivity contribution in [2.45, 2.75) is 25.9 Å². The first kappa shape index (κ1) is 16.3. The molecule has 1 fully saturated rings. The zero-order valence-corrected chi connectivity index (χ0v) is 12.7. The Bertz CT molecular complexity index is 512. The fourth-order valence-electron chi connectivity index (χ4n) is 2.43. The molecule has 0 aliphatic carbocycles. The smallest absolute Gasteiger partial charge is 0.260 e. The topological polar surface area (TPSA) is 90.6 Å². The zero-order chi connectivity index (χ0) is 16.0. The number of amides is 2. The molecule has 1 aliphatic rings. The van der Waals surface area contributed by atoms with Crippen LogP contribution in [0.1, 0.15) is 19.8 Å². The predicted octanol–water partition coefficient (Wildman–Crippen LogP) is 0.852. The van der Waals surface area contributed by atoms with Crippen LogP contribution < -0.4 is 15.8 Å². The lowest BCUT2D eigenvalue weighted by atomic mass is 9.79. The lowest BCUT2D eigenvalue weighted by molar-refractivity contribution is -0.135. The highest BCUT2D eigenvalue weighted by molar-refractivity contribution is 5.84. The molecule has 120 valence electrons. The largest absolute Gasteiger partial charge is 0.481 e. The molecule has 0 aromatic heterocycles. The predicted molar refractivity (Wildman–Crippen MR) is 81.2 cm³/mol. The summed E-state index contributed by atoms with van der Waals surface area (Å²) in [5.74, 6) is -0.0375. The molecule has 0 radical (unpaired) electrons. The van der Waals surface area contributed by atoms with E-state index in [4.69, 9.17) is 15.2 Å². The number of nitrogens with one attached hydrogen (secondary N) is 1. The van der Waals surface area contributed by atoms with E-state index >= 15 is 0 Å². The third kappa shape index (κ3) is 3.98. The van der Waals surface area contributed by atoms with Gasteiger partial charge >= 0.3 is 0 Å². The lowest BCUT2D eigenvalue weighted by Crippen LogP contribution is -2.51. The summed E-state index contributed by atoms with van der Waals surface area (Å²) >= 11 is 0. The monoisotopic (exact) mass is 306 g/mol. The third-order valence-electron chi connectivity index (χ3n) is 4.00. The van der Waals surface area contributed by atoms with Crippen molar-refractivity contribution in [3.05, 3.63) is 30.3 Å². The van der Waals surface area contributed by atoms with Gasteiger partial charge in [-0.05, 0) is 31.9 Å². The molecule has 2 amide bonds. The van der Waals surface area contributed by atoms with E-state index in [0.29, 0.717) is 31.8 Å². The van der Waals surface area contributed by atoms with Crippen LogP contribution in [0.25, 0.3) is 0 Å². The van der Waals surface area contributed by atoms with Gasteiger partial charge in [0.15, 0.2) is 6.10 Å². The van der Waals surface area contributed by atoms with Crippen LogP contribution in [0.15, 0.2) is 30.3 Å². The maximum atomic E-state index is 12.1. The normalized spacial score (nSPS) is 18.2. The van der Waals surface area contributed by atoms with Gasteiger partial charge in [-0.2, -0.15) is 0 Å². The quantitative estimate of drug-likeness (QED) is 0.815. The van der Waals surface area contributed by atoms with Crippen molar-refractivity contribution in [1.82, 2.24) is 5.32 Å². The molecule has 0 spiro atoms. The average molecular weight is 306 g/mol. The number of rotatable bonds is 6. The van der Waals surface area contributed by atoms with E-state index in [2.05, 4.69) is 5.32 Å². The molecule has 0 unspecified atom stereocenters. The number of hydrogen-bond donors (Lipinski definition) is 2. The van der Waals surface area contributed by atoms with Crippen molar-refractivity contribution in [1.29, 1.82) is 0 Å². The second-order valence-corrected chi connectivity index (χ2v) is 5.55. The Balaban J connectivity index is 1.89. The standard InChI is InChI=1S/C16H22N2O4/c1-12(22-13-5-3-2-4-6-13)14(19)18-11-16(15(17)20)7-9-21-10-8-16/h2-6,12H,7-11H2,1H3,(H2,17,20)(H,18,19)/t12-/m0/s1. The molecule has 1 aromatic rings. The van der Waals surface area contributed by atoms with Gasteiger partial charge in [0.25, 0.3) is 5.91 Å². The first-order valence-electron chi connectivity index (χ1n) is 7.41. The first-order valence-corrected chi connectivity index (χ1v) is 7.41. The van der Waals surface area contributed by atoms with Crippen LogP contribution >= 0.6 is 0 Å². The average Bonchev–Trinajstić information content (AvgIpc) is 2.54. The Labute approximate surface area is 130 Å². The second-order valence-electron chi connectivity index (χ2n) is 5.55. The number of para-hydroxylation sites is 1. The maximum absolute atomic E-state index is 12.1. The minimum atomic E-state index is -0.722. The molecule has 3 N–H and O–H groups in total. The molecule has 1 saturated heterocycles. The van der Waals surface area contributed by atoms with Crippen molar-refractivity contribution < 1.29 is 19.1 Å². The number of primary amides is 1. The highest BCUT2D eigenvalue weighted by Gasteiger charge is 2.39. The molecule has 2 rings (SSSR count). The maximum Gasteiger partial charge on any atom is 0.260 e. The minimum absolute atomic E-state index is 0.215. The lowest BCUT2D eigenvalue weighted by Gasteiger charge is -2.34. The number of carbonyl (C=O) groups excluding carboxylic acids is 2. The number of ether oxygens (including phenoxy) is 2. The molecular formula is C16H22N2O4. The van der Waals surface area contributed by atoms with Crippen molar-refractivity contribution >= 4 is 11.8 Å². The van der Waals surface area contributed by atoms with Gasteiger partial charge in [-0.15, -0.1) is 0 Å². The van der Waals surface area contributed by atoms with Crippen molar-refractivity contribution in [3.63, 3.8) is 0 Å². The molecule has 6 nitrogen and oxygen atoms in total. The van der Waals surface area contributed by atoms with Gasteiger partial charge in [0.1, 0.15) is 5.75 Å². The first-order chi connectivity index (χ1) is 10.5. The zero-order valence-electron chi connectivity index (χ0n) is 12.7. The van der Waals surface area contributed by atoms with E-state index in [1.54, 1.807) is 19.1 Å². The number of carbonyl (C=O) groups is 2. The molecule has 1 aliphatic heterocycles. The minimum Gasteiger partial charge on any atom is -0.481 e. The van der Waals surface area contributed by atoms with Crippen LogP contribution in [-0.4, -0.2) is 37.7 Å². The van der Waals surface area contributed by atoms with Gasteiger partial charge in [-0.25, -0.2) is 0 Å². The third-order valence-corrected chi connectivity index (χ3v) is 4.00. The molecule has 1 heterocycles. The van der Waals surface area contributed by atoms with Gasteiger partial charge in [-0.3, -0.25) is 9.59 Å². The van der Waals surface area contributed by atoms with Crippen LogP contribution in [0.3, 0.4) is 0 Å². The molecule has 6 heteroatoms. The SMILES string of the molecule is C[C@H](Oc1ccccc1)C(=O)NCC1(C(N)=O)CCOCC1. The van der Waals surface area contributed by atoms with E-state index in [-0.39, 0.29) is 12.5 Å². The van der Waals surface area contributed by atoms with E-state index in [1.165, 1.54) is 0 Å². The second kappa shape index (κ2) is 7.26. The Morgan fingerprint density at radius 1 is 1.32 bits per heavy atom. The van der Waals surface area contributed by atoms with Crippen LogP contribution in [0.5, 0.6) is 5.75 Å². The van der Waals surface area contributed by atoms with Gasteiger partial charge in [0, 0.05) is 19.8 Å². The Hall–Kier alpha value is -2.08. The van der Waals surface area contributed by atoms with Crippen molar-refractivity contribution in [3.8, 4) is 5.75 Å². The summed E-state index contributed by atoms with van der Waals surface area (Å²) in [5.41, 5.74) is 4.79. The summed E-state index contributed by atoms with van der Waals surface area (Å²) in [6.07, 6.45) is 0.403. The van der Waals surface area contributed by atoms with Gasteiger partial charge in [0.2, 0.25) is 5.91 Å². The fraction of sp³-hybridized carbons (Fsp3) is 0.500. The number of hydrogen-bond acceptors (Lipinski definition) is 4. The van der Waals surface area contributed by atoms with Crippen LogP contribution in [0.4, 0.5) is 0 Å². The summed E-state index contributed by atoms with van der Waals surface area (Å²) in [5, 5.41) is 2.77. The van der Waals surface area contributed by atoms with E-state index in [1.807, 2.05) is 18.2 Å². The van der Waals surface area contributed by atoms with Crippen LogP contribution in [-0.2, 0) is 14.3 Å². The Morgan fingerprint density at radius 2 is 1.95 bits per heavy atom. The number of benzene rings is 1. The summed E-state index contributed by atoms with van der Waals surface area (Å²) < 4.78 is 10.8. The van der Waals surface area contributed by atoms with Gasteiger partial charge in [0.05, 0.1) is 5.41 Å². The highest BCUT2D eigenvalue weighted by Crippen LogP contribution is 2.29. The Kier molecular flexibility index (Phi) is 5.38. The van der Waals surface area contributed by atoms with Gasteiger partial charge in [-0.1, -0.05) is 18.2 Å². The summed E-state index contributed by atoms with van der Waals surface area (Å²) in [4.78, 5) is 23.9. The van der Waals surface area contributed by atoms with E-state index < -0.39 is 17.4 Å². The highest BCUT2D eigenvalue weighted by atomic mass is 16.5. The fourth-order valence-corrected chi connectivity index (χ4v) is 2.43. The number of nitrogens with two attached hydrogens (primary N) is 1. The van der Waals surface area contributed by atoms with Crippen molar-refractivity contribution in [2.75, 3.05) is 19.8 Å². The molecular weight excluding hydrogens is 284 g/mol. The molecule has 1 aromatic carbocycles. The molecule has 0 bridgehead atoms. The van der Waals surface area contributed by atoms with Crippen molar-refractivity contribution in [2.24, 2.45) is 11.1 Å². The molecule has 0 saturated carbocycles. The van der Waals surface area contributed by atoms with Crippen LogP contribution in [0.2, 0.25) is 0 Å². The summed E-state index contributed by atoms with van der Waals surface area (Å²) in [6, 6.07) is 9.12. The van der Waals surface area contributed by atoms with E-state index in [0.717, 1.165) is 0 Å². The summed E-state index contributed by atoms with van der Waals surface area (Å²) in [6.45, 7) is 2.85. The summed E-state index contributed by atoms with van der Waals surface area (Å²) in [7, 11) is 0.